The van der Waals surface area contributed by atoms with Crippen LogP contribution in [0.15, 0.2) is 24.3 Å². The average molecular weight is 276 g/mol. The number of hydrogen-bond acceptors (Lipinski definition) is 3. The molecule has 1 aromatic rings. The zero-order valence-electron chi connectivity index (χ0n) is 12.9. The maximum Gasteiger partial charge on any atom is 0.119 e. The fourth-order valence-electron chi connectivity index (χ4n) is 2.98. The number of likely N-dealkylation sites (tertiary alicyclic amines) is 1. The Balaban J connectivity index is 1.98. The second-order valence-corrected chi connectivity index (χ2v) is 6.01. The molecule has 2 rings (SSSR count). The van der Waals surface area contributed by atoms with Crippen molar-refractivity contribution in [3.63, 3.8) is 0 Å². The van der Waals surface area contributed by atoms with Crippen LogP contribution in [0.4, 0.5) is 0 Å². The van der Waals surface area contributed by atoms with Gasteiger partial charge in [-0.25, -0.2) is 0 Å². The summed E-state index contributed by atoms with van der Waals surface area (Å²) in [4.78, 5) is 2.45. The third kappa shape index (κ3) is 4.22. The van der Waals surface area contributed by atoms with E-state index < -0.39 is 0 Å². The van der Waals surface area contributed by atoms with Gasteiger partial charge in [0.1, 0.15) is 5.75 Å². The first-order valence-corrected chi connectivity index (χ1v) is 7.87. The molecule has 0 spiro atoms. The standard InChI is InChI=1S/C17H28N2O/c1-3-20-16-10-8-15(9-11-16)14-17(2,18)19-12-6-4-5-7-13-19/h8-11H,3-7,12-14,18H2,1-2H3. The molecule has 1 saturated heterocycles. The SMILES string of the molecule is CCOc1ccc(CC(C)(N)N2CCCCCC2)cc1. The molecule has 3 heteroatoms. The van der Waals surface area contributed by atoms with Gasteiger partial charge in [0, 0.05) is 6.42 Å². The first kappa shape index (κ1) is 15.3. The molecule has 112 valence electrons. The third-order valence-electron chi connectivity index (χ3n) is 4.12. The van der Waals surface area contributed by atoms with Crippen LogP contribution < -0.4 is 10.5 Å². The molecule has 1 aliphatic heterocycles. The van der Waals surface area contributed by atoms with Crippen molar-refractivity contribution in [1.29, 1.82) is 0 Å². The first-order valence-electron chi connectivity index (χ1n) is 7.87. The fourth-order valence-corrected chi connectivity index (χ4v) is 2.98. The van der Waals surface area contributed by atoms with Gasteiger partial charge >= 0.3 is 0 Å². The van der Waals surface area contributed by atoms with Crippen molar-refractivity contribution < 1.29 is 4.74 Å². The van der Waals surface area contributed by atoms with Crippen LogP contribution in [-0.2, 0) is 6.42 Å². The maximum atomic E-state index is 6.58. The van der Waals surface area contributed by atoms with Gasteiger partial charge in [0.05, 0.1) is 12.3 Å². The lowest BCUT2D eigenvalue weighted by molar-refractivity contribution is 0.113. The van der Waals surface area contributed by atoms with Gasteiger partial charge in [0.2, 0.25) is 0 Å². The normalized spacial score (nSPS) is 20.1. The van der Waals surface area contributed by atoms with Crippen LogP contribution in [0.25, 0.3) is 0 Å². The number of ether oxygens (including phenoxy) is 1. The molecule has 1 fully saturated rings. The molecule has 0 aromatic heterocycles. The number of benzene rings is 1. The molecule has 20 heavy (non-hydrogen) atoms. The Labute approximate surface area is 123 Å². The predicted octanol–water partition coefficient (Wildman–Crippen LogP) is 3.18. The van der Waals surface area contributed by atoms with E-state index in [2.05, 4.69) is 24.0 Å². The number of hydrogen-bond donors (Lipinski definition) is 1. The van der Waals surface area contributed by atoms with Crippen molar-refractivity contribution in [2.45, 2.75) is 51.6 Å². The summed E-state index contributed by atoms with van der Waals surface area (Å²) in [5, 5.41) is 0. The Morgan fingerprint density at radius 1 is 1.10 bits per heavy atom. The Bertz CT molecular complexity index is 392. The molecule has 0 radical (unpaired) electrons. The van der Waals surface area contributed by atoms with Gasteiger partial charge in [-0.15, -0.1) is 0 Å². The van der Waals surface area contributed by atoms with Gasteiger partial charge < -0.3 is 10.5 Å². The number of nitrogens with zero attached hydrogens (tertiary/aromatic N) is 1. The summed E-state index contributed by atoms with van der Waals surface area (Å²) in [5.41, 5.74) is 7.61. The first-order chi connectivity index (χ1) is 9.62. The Kier molecular flexibility index (Phi) is 5.44. The molecular formula is C17H28N2O. The van der Waals surface area contributed by atoms with Gasteiger partial charge in [-0.2, -0.15) is 0 Å². The van der Waals surface area contributed by atoms with Gasteiger partial charge in [-0.1, -0.05) is 25.0 Å². The summed E-state index contributed by atoms with van der Waals surface area (Å²) in [7, 11) is 0. The molecule has 0 saturated carbocycles. The van der Waals surface area contributed by atoms with E-state index in [9.17, 15) is 0 Å². The number of nitrogens with two attached hydrogens (primary N) is 1. The number of rotatable bonds is 5. The van der Waals surface area contributed by atoms with Crippen LogP contribution in [0, 0.1) is 0 Å². The largest absolute Gasteiger partial charge is 0.494 e. The minimum atomic E-state index is -0.253. The molecular weight excluding hydrogens is 248 g/mol. The second kappa shape index (κ2) is 7.09. The van der Waals surface area contributed by atoms with Crippen LogP contribution in [0.3, 0.4) is 0 Å². The van der Waals surface area contributed by atoms with E-state index in [1.54, 1.807) is 0 Å². The summed E-state index contributed by atoms with van der Waals surface area (Å²) in [6, 6.07) is 8.34. The summed E-state index contributed by atoms with van der Waals surface area (Å²) >= 11 is 0. The van der Waals surface area contributed by atoms with Crippen LogP contribution in [0.5, 0.6) is 5.75 Å². The predicted molar refractivity (Wildman–Crippen MR) is 83.9 cm³/mol. The molecule has 0 amide bonds. The Morgan fingerprint density at radius 3 is 2.25 bits per heavy atom. The van der Waals surface area contributed by atoms with Crippen molar-refractivity contribution in [2.75, 3.05) is 19.7 Å². The highest BCUT2D eigenvalue weighted by molar-refractivity contribution is 5.28. The van der Waals surface area contributed by atoms with Crippen molar-refractivity contribution in [3.8, 4) is 5.75 Å². The minimum absolute atomic E-state index is 0.253. The van der Waals surface area contributed by atoms with Crippen molar-refractivity contribution in [3.05, 3.63) is 29.8 Å². The average Bonchev–Trinajstić information content (AvgIpc) is 2.70. The quantitative estimate of drug-likeness (QED) is 0.897. The molecule has 1 aromatic carbocycles. The summed E-state index contributed by atoms with van der Waals surface area (Å²) in [6.07, 6.45) is 6.12. The van der Waals surface area contributed by atoms with E-state index in [0.717, 1.165) is 25.3 Å². The molecule has 2 N–H and O–H groups in total. The van der Waals surface area contributed by atoms with Crippen LogP contribution in [0.2, 0.25) is 0 Å². The molecule has 1 unspecified atom stereocenters. The smallest absolute Gasteiger partial charge is 0.119 e. The summed E-state index contributed by atoms with van der Waals surface area (Å²) < 4.78 is 5.48. The molecule has 1 atom stereocenters. The summed E-state index contributed by atoms with van der Waals surface area (Å²) in [6.45, 7) is 7.13. The molecule has 1 heterocycles. The van der Waals surface area contributed by atoms with E-state index in [1.807, 2.05) is 19.1 Å². The Morgan fingerprint density at radius 2 is 1.70 bits per heavy atom. The lowest BCUT2D eigenvalue weighted by Gasteiger charge is -2.38. The van der Waals surface area contributed by atoms with Gasteiger partial charge in [-0.3, -0.25) is 4.90 Å². The van der Waals surface area contributed by atoms with E-state index in [4.69, 9.17) is 10.5 Å². The summed E-state index contributed by atoms with van der Waals surface area (Å²) in [5.74, 6) is 0.935. The van der Waals surface area contributed by atoms with Crippen LogP contribution in [-0.4, -0.2) is 30.3 Å². The highest BCUT2D eigenvalue weighted by atomic mass is 16.5. The second-order valence-electron chi connectivity index (χ2n) is 6.01. The zero-order valence-corrected chi connectivity index (χ0v) is 12.9. The molecule has 0 bridgehead atoms. The van der Waals surface area contributed by atoms with Crippen molar-refractivity contribution >= 4 is 0 Å². The maximum absolute atomic E-state index is 6.58. The lowest BCUT2D eigenvalue weighted by Crippen LogP contribution is -2.55. The lowest BCUT2D eigenvalue weighted by atomic mass is 10.00. The minimum Gasteiger partial charge on any atom is -0.494 e. The highest BCUT2D eigenvalue weighted by Gasteiger charge is 2.27. The molecule has 0 aliphatic carbocycles. The fraction of sp³-hybridized carbons (Fsp3) is 0.647. The van der Waals surface area contributed by atoms with E-state index in [0.29, 0.717) is 6.61 Å². The molecule has 3 nitrogen and oxygen atoms in total. The van der Waals surface area contributed by atoms with Crippen molar-refractivity contribution in [2.24, 2.45) is 5.73 Å². The van der Waals surface area contributed by atoms with Gasteiger partial charge in [0.15, 0.2) is 0 Å². The topological polar surface area (TPSA) is 38.5 Å². The monoisotopic (exact) mass is 276 g/mol. The van der Waals surface area contributed by atoms with E-state index in [-0.39, 0.29) is 5.66 Å². The van der Waals surface area contributed by atoms with E-state index >= 15 is 0 Å². The zero-order chi connectivity index (χ0) is 14.4. The van der Waals surface area contributed by atoms with Crippen LogP contribution >= 0.6 is 0 Å². The molecule has 1 aliphatic rings. The highest BCUT2D eigenvalue weighted by Crippen LogP contribution is 2.21. The van der Waals surface area contributed by atoms with Crippen molar-refractivity contribution in [1.82, 2.24) is 4.90 Å². The van der Waals surface area contributed by atoms with Gasteiger partial charge in [-0.05, 0) is 57.5 Å². The Hall–Kier alpha value is -1.06. The van der Waals surface area contributed by atoms with Crippen LogP contribution in [0.1, 0.15) is 45.1 Å². The van der Waals surface area contributed by atoms with E-state index in [1.165, 1.54) is 31.2 Å². The van der Waals surface area contributed by atoms with Gasteiger partial charge in [0.25, 0.3) is 0 Å². The third-order valence-corrected chi connectivity index (χ3v) is 4.12.